The summed E-state index contributed by atoms with van der Waals surface area (Å²) in [6, 6.07) is 0. The van der Waals surface area contributed by atoms with Gasteiger partial charge in [0.1, 0.15) is 5.69 Å². The van der Waals surface area contributed by atoms with Crippen LogP contribution in [0.15, 0.2) is 10.7 Å². The molecule has 2 rings (SSSR count). The third kappa shape index (κ3) is 4.72. The standard InChI is InChI=1S/C16H20BrF3N6O2/c1-5-26-7-9(11(23-26)14(27)21-6-8(2)3)22-15(28)12-10(17)13(16(18,19)20)24-25(12)4/h7-8H,5-6H2,1-4H3,(H,21,27)(H,22,28). The Morgan fingerprint density at radius 3 is 2.39 bits per heavy atom. The number of anilines is 1. The van der Waals surface area contributed by atoms with E-state index < -0.39 is 28.2 Å². The van der Waals surface area contributed by atoms with E-state index in [0.717, 1.165) is 4.68 Å². The lowest BCUT2D eigenvalue weighted by atomic mass is 10.2. The van der Waals surface area contributed by atoms with E-state index in [-0.39, 0.29) is 23.0 Å². The molecule has 28 heavy (non-hydrogen) atoms. The molecule has 154 valence electrons. The summed E-state index contributed by atoms with van der Waals surface area (Å²) in [5, 5.41) is 12.6. The summed E-state index contributed by atoms with van der Waals surface area (Å²) in [5.41, 5.74) is -1.47. The Balaban J connectivity index is 2.33. The molecule has 0 unspecified atom stereocenters. The van der Waals surface area contributed by atoms with Gasteiger partial charge in [0.05, 0.1) is 10.2 Å². The van der Waals surface area contributed by atoms with Crippen LogP contribution in [0.4, 0.5) is 18.9 Å². The highest BCUT2D eigenvalue weighted by Crippen LogP contribution is 2.35. The Bertz CT molecular complexity index is 888. The molecular weight excluding hydrogens is 445 g/mol. The van der Waals surface area contributed by atoms with Gasteiger partial charge < -0.3 is 10.6 Å². The Morgan fingerprint density at radius 1 is 1.25 bits per heavy atom. The van der Waals surface area contributed by atoms with Crippen LogP contribution in [-0.4, -0.2) is 37.9 Å². The third-order valence-corrected chi connectivity index (χ3v) is 4.44. The van der Waals surface area contributed by atoms with Crippen molar-refractivity contribution in [2.45, 2.75) is 33.5 Å². The van der Waals surface area contributed by atoms with Crippen LogP contribution >= 0.6 is 15.9 Å². The number of aromatic nitrogens is 4. The van der Waals surface area contributed by atoms with E-state index in [1.807, 2.05) is 13.8 Å². The van der Waals surface area contributed by atoms with Crippen LogP contribution < -0.4 is 10.6 Å². The van der Waals surface area contributed by atoms with Crippen LogP contribution in [0.3, 0.4) is 0 Å². The Labute approximate surface area is 167 Å². The molecule has 8 nitrogen and oxygen atoms in total. The zero-order chi connectivity index (χ0) is 21.2. The van der Waals surface area contributed by atoms with Gasteiger partial charge in [0.25, 0.3) is 11.8 Å². The maximum atomic E-state index is 13.0. The van der Waals surface area contributed by atoms with E-state index in [9.17, 15) is 22.8 Å². The van der Waals surface area contributed by atoms with Gasteiger partial charge in [0.15, 0.2) is 11.4 Å². The number of rotatable bonds is 6. The largest absolute Gasteiger partial charge is 0.436 e. The van der Waals surface area contributed by atoms with Crippen LogP contribution in [0.1, 0.15) is 47.4 Å². The van der Waals surface area contributed by atoms with Crippen molar-refractivity contribution < 1.29 is 22.8 Å². The molecular formula is C16H20BrF3N6O2. The van der Waals surface area contributed by atoms with Crippen LogP contribution in [0, 0.1) is 5.92 Å². The van der Waals surface area contributed by atoms with Gasteiger partial charge in [-0.2, -0.15) is 23.4 Å². The Morgan fingerprint density at radius 2 is 1.89 bits per heavy atom. The minimum absolute atomic E-state index is 0.0230. The zero-order valence-corrected chi connectivity index (χ0v) is 17.3. The molecule has 2 aromatic heterocycles. The van der Waals surface area contributed by atoms with Crippen molar-refractivity contribution in [3.63, 3.8) is 0 Å². The van der Waals surface area contributed by atoms with E-state index >= 15 is 0 Å². The number of halogens is 4. The van der Waals surface area contributed by atoms with Crippen molar-refractivity contribution in [3.05, 3.63) is 27.8 Å². The van der Waals surface area contributed by atoms with Gasteiger partial charge in [0.2, 0.25) is 0 Å². The van der Waals surface area contributed by atoms with Crippen molar-refractivity contribution in [1.82, 2.24) is 24.9 Å². The second-order valence-electron chi connectivity index (χ2n) is 6.44. The molecule has 2 heterocycles. The van der Waals surface area contributed by atoms with Crippen LogP contribution in [-0.2, 0) is 19.8 Å². The first-order chi connectivity index (χ1) is 13.0. The van der Waals surface area contributed by atoms with E-state index in [1.165, 1.54) is 17.9 Å². The molecule has 0 atom stereocenters. The molecule has 0 radical (unpaired) electrons. The molecule has 0 fully saturated rings. The molecule has 0 saturated carbocycles. The van der Waals surface area contributed by atoms with E-state index in [2.05, 4.69) is 36.8 Å². The fraction of sp³-hybridized carbons (Fsp3) is 0.500. The maximum absolute atomic E-state index is 13.0. The lowest BCUT2D eigenvalue weighted by molar-refractivity contribution is -0.142. The fourth-order valence-corrected chi connectivity index (χ4v) is 3.07. The quantitative estimate of drug-likeness (QED) is 0.686. The highest BCUT2D eigenvalue weighted by Gasteiger charge is 2.39. The van der Waals surface area contributed by atoms with Gasteiger partial charge >= 0.3 is 6.18 Å². The first kappa shape index (κ1) is 21.9. The summed E-state index contributed by atoms with van der Waals surface area (Å²) in [4.78, 5) is 25.0. The third-order valence-electron chi connectivity index (χ3n) is 3.69. The number of carbonyl (C=O) groups excluding carboxylic acids is 2. The normalized spacial score (nSPS) is 11.8. The van der Waals surface area contributed by atoms with Gasteiger partial charge in [-0.05, 0) is 28.8 Å². The highest BCUT2D eigenvalue weighted by molar-refractivity contribution is 9.10. The first-order valence-electron chi connectivity index (χ1n) is 8.42. The smallest absolute Gasteiger partial charge is 0.350 e. The van der Waals surface area contributed by atoms with Crippen molar-refractivity contribution in [2.75, 3.05) is 11.9 Å². The minimum atomic E-state index is -4.72. The zero-order valence-electron chi connectivity index (χ0n) is 15.7. The predicted octanol–water partition coefficient (Wildman–Crippen LogP) is 3.06. The van der Waals surface area contributed by atoms with Gasteiger partial charge in [-0.1, -0.05) is 13.8 Å². The lowest BCUT2D eigenvalue weighted by Crippen LogP contribution is -2.29. The van der Waals surface area contributed by atoms with Crippen LogP contribution in [0.25, 0.3) is 0 Å². The molecule has 0 bridgehead atoms. The number of nitrogens with zero attached hydrogens (tertiary/aromatic N) is 4. The molecule has 0 aliphatic carbocycles. The number of carbonyl (C=O) groups is 2. The Kier molecular flexibility index (Phi) is 6.52. The molecule has 0 saturated heterocycles. The van der Waals surface area contributed by atoms with E-state index in [4.69, 9.17) is 0 Å². The second kappa shape index (κ2) is 8.33. The molecule has 0 aliphatic heterocycles. The molecule has 0 aliphatic rings. The summed E-state index contributed by atoms with van der Waals surface area (Å²) < 4.78 is 40.8. The fourth-order valence-electron chi connectivity index (χ4n) is 2.33. The molecule has 0 spiro atoms. The summed E-state index contributed by atoms with van der Waals surface area (Å²) in [7, 11) is 1.22. The number of hydrogen-bond donors (Lipinski definition) is 2. The average molecular weight is 465 g/mol. The number of amides is 2. The maximum Gasteiger partial charge on any atom is 0.436 e. The van der Waals surface area contributed by atoms with Crippen molar-refractivity contribution >= 4 is 33.4 Å². The predicted molar refractivity (Wildman–Crippen MR) is 98.9 cm³/mol. The van der Waals surface area contributed by atoms with Crippen molar-refractivity contribution in [2.24, 2.45) is 13.0 Å². The number of hydrogen-bond acceptors (Lipinski definition) is 4. The SMILES string of the molecule is CCn1cc(NC(=O)c2c(Br)c(C(F)(F)F)nn2C)c(C(=O)NCC(C)C)n1. The second-order valence-corrected chi connectivity index (χ2v) is 7.23. The molecule has 2 aromatic rings. The monoisotopic (exact) mass is 464 g/mol. The van der Waals surface area contributed by atoms with E-state index in [1.54, 1.807) is 6.92 Å². The highest BCUT2D eigenvalue weighted by atomic mass is 79.9. The van der Waals surface area contributed by atoms with Gasteiger partial charge in [-0.15, -0.1) is 0 Å². The number of alkyl halides is 3. The first-order valence-corrected chi connectivity index (χ1v) is 9.21. The minimum Gasteiger partial charge on any atom is -0.350 e. The molecule has 2 amide bonds. The Hall–Kier alpha value is -2.37. The summed E-state index contributed by atoms with van der Waals surface area (Å²) in [6.45, 7) is 6.49. The van der Waals surface area contributed by atoms with Gasteiger partial charge in [0, 0.05) is 26.3 Å². The summed E-state index contributed by atoms with van der Waals surface area (Å²) >= 11 is 2.79. The summed E-state index contributed by atoms with van der Waals surface area (Å²) in [5.74, 6) is -1.14. The van der Waals surface area contributed by atoms with Crippen LogP contribution in [0.2, 0.25) is 0 Å². The molecule has 0 aromatic carbocycles. The number of nitrogens with one attached hydrogen (secondary N) is 2. The average Bonchev–Trinajstić information content (AvgIpc) is 3.12. The van der Waals surface area contributed by atoms with Crippen molar-refractivity contribution in [1.29, 1.82) is 0 Å². The van der Waals surface area contributed by atoms with E-state index in [0.29, 0.717) is 13.1 Å². The van der Waals surface area contributed by atoms with Crippen LogP contribution in [0.5, 0.6) is 0 Å². The molecule has 12 heteroatoms. The summed E-state index contributed by atoms with van der Waals surface area (Å²) in [6.07, 6.45) is -3.28. The topological polar surface area (TPSA) is 93.8 Å². The van der Waals surface area contributed by atoms with Crippen molar-refractivity contribution in [3.8, 4) is 0 Å². The van der Waals surface area contributed by atoms with Gasteiger partial charge in [-0.3, -0.25) is 19.0 Å². The molecule has 2 N–H and O–H groups in total. The lowest BCUT2D eigenvalue weighted by Gasteiger charge is -2.08. The number of aryl methyl sites for hydroxylation is 2. The van der Waals surface area contributed by atoms with Gasteiger partial charge in [-0.25, -0.2) is 0 Å².